The first-order valence-electron chi connectivity index (χ1n) is 11.0. The van der Waals surface area contributed by atoms with Crippen LogP contribution in [0.3, 0.4) is 0 Å². The summed E-state index contributed by atoms with van der Waals surface area (Å²) in [5, 5.41) is 14.1. The first-order valence-corrected chi connectivity index (χ1v) is 11.4. The van der Waals surface area contributed by atoms with E-state index in [1.54, 1.807) is 24.7 Å². The number of anilines is 2. The molecule has 0 saturated carbocycles. The van der Waals surface area contributed by atoms with Gasteiger partial charge in [0.2, 0.25) is 0 Å². The number of benzene rings is 2. The van der Waals surface area contributed by atoms with Gasteiger partial charge in [-0.3, -0.25) is 4.98 Å². The third kappa shape index (κ3) is 4.50. The van der Waals surface area contributed by atoms with Crippen molar-refractivity contribution in [1.82, 2.24) is 24.9 Å². The van der Waals surface area contributed by atoms with E-state index in [2.05, 4.69) is 33.3 Å². The molecule has 0 fully saturated rings. The van der Waals surface area contributed by atoms with Crippen LogP contribution in [0.15, 0.2) is 67.3 Å². The van der Waals surface area contributed by atoms with Crippen molar-refractivity contribution in [1.29, 1.82) is 5.26 Å². The zero-order chi connectivity index (χ0) is 24.4. The Morgan fingerprint density at radius 2 is 1.94 bits per heavy atom. The number of fused-ring (bicyclic) bond motifs is 1. The van der Waals surface area contributed by atoms with Gasteiger partial charge in [0.05, 0.1) is 45.6 Å². The number of aromatic amines is 1. The Morgan fingerprint density at radius 1 is 1.09 bits per heavy atom. The smallest absolute Gasteiger partial charge is 0.169 e. The zero-order valence-corrected chi connectivity index (χ0v) is 19.6. The molecule has 0 saturated heterocycles. The molecule has 2 aromatic carbocycles. The second kappa shape index (κ2) is 9.41. The highest BCUT2D eigenvalue weighted by Gasteiger charge is 2.18. The Labute approximate surface area is 206 Å². The quantitative estimate of drug-likeness (QED) is 0.296. The topological polar surface area (TPSA) is 129 Å². The fourth-order valence-electron chi connectivity index (χ4n) is 3.90. The number of hydrogen-bond acceptors (Lipinski definition) is 7. The molecule has 1 unspecified atom stereocenters. The number of imidazole rings is 1. The summed E-state index contributed by atoms with van der Waals surface area (Å²) in [6, 6.07) is 17.0. The molecule has 0 amide bonds. The van der Waals surface area contributed by atoms with E-state index in [-0.39, 0.29) is 11.7 Å². The van der Waals surface area contributed by atoms with Crippen molar-refractivity contribution in [3.8, 4) is 28.6 Å². The molecule has 0 aliphatic rings. The molecule has 0 bridgehead atoms. The number of halogens is 1. The summed E-state index contributed by atoms with van der Waals surface area (Å²) in [6.45, 7) is 2.63. The molecule has 5 rings (SSSR count). The lowest BCUT2D eigenvalue weighted by atomic mass is 10.0. The van der Waals surface area contributed by atoms with Crippen LogP contribution in [0, 0.1) is 11.3 Å². The van der Waals surface area contributed by atoms with Gasteiger partial charge in [-0.1, -0.05) is 36.7 Å². The Hall–Kier alpha value is -4.48. The van der Waals surface area contributed by atoms with Gasteiger partial charge in [0.1, 0.15) is 0 Å². The maximum atomic E-state index is 9.40. The third-order valence-electron chi connectivity index (χ3n) is 5.72. The van der Waals surface area contributed by atoms with E-state index in [4.69, 9.17) is 27.3 Å². The van der Waals surface area contributed by atoms with E-state index in [0.717, 1.165) is 22.2 Å². The lowest BCUT2D eigenvalue weighted by Crippen LogP contribution is -2.14. The van der Waals surface area contributed by atoms with Crippen LogP contribution in [0.1, 0.15) is 24.1 Å². The first kappa shape index (κ1) is 22.3. The van der Waals surface area contributed by atoms with Crippen LogP contribution in [-0.2, 0) is 0 Å². The Bertz CT molecular complexity index is 1560. The van der Waals surface area contributed by atoms with Crippen molar-refractivity contribution in [3.63, 3.8) is 0 Å². The SMILES string of the molecule is CC(CNc1nc(-c2cc(Cl)c3ncccc3c2)c(-c2cccc(C#N)c2)nc1N)c1c[nH]cn1. The molecule has 3 aromatic heterocycles. The van der Waals surface area contributed by atoms with Crippen LogP contribution < -0.4 is 11.1 Å². The normalized spacial score (nSPS) is 11.8. The van der Waals surface area contributed by atoms with Crippen LogP contribution in [0.25, 0.3) is 33.4 Å². The van der Waals surface area contributed by atoms with Crippen molar-refractivity contribution >= 4 is 34.1 Å². The van der Waals surface area contributed by atoms with Gasteiger partial charge in [-0.25, -0.2) is 15.0 Å². The standard InChI is InChI=1S/C26H21ClN8/c1-15(21-13-30-14-33-21)12-32-26-25(29)34-23(17-5-2-4-16(8-17)11-28)24(35-26)19-9-18-6-3-7-31-22(18)20(27)10-19/h2-10,13-15H,12H2,1H3,(H2,29,34)(H,30,33)(H,32,35). The van der Waals surface area contributed by atoms with Crippen molar-refractivity contribution < 1.29 is 0 Å². The van der Waals surface area contributed by atoms with E-state index in [1.807, 2.05) is 42.6 Å². The lowest BCUT2D eigenvalue weighted by Gasteiger charge is -2.16. The summed E-state index contributed by atoms with van der Waals surface area (Å²) in [5.74, 6) is 0.845. The summed E-state index contributed by atoms with van der Waals surface area (Å²) in [7, 11) is 0. The maximum absolute atomic E-state index is 9.40. The minimum Gasteiger partial charge on any atom is -0.381 e. The fraction of sp³-hybridized carbons (Fsp3) is 0.115. The van der Waals surface area contributed by atoms with Gasteiger partial charge < -0.3 is 16.0 Å². The lowest BCUT2D eigenvalue weighted by molar-refractivity contribution is 0.776. The Balaban J connectivity index is 1.63. The molecule has 0 aliphatic heterocycles. The van der Waals surface area contributed by atoms with Crippen LogP contribution in [-0.4, -0.2) is 31.5 Å². The van der Waals surface area contributed by atoms with Crippen molar-refractivity contribution in [3.05, 3.63) is 83.5 Å². The van der Waals surface area contributed by atoms with Gasteiger partial charge in [-0.2, -0.15) is 5.26 Å². The number of pyridine rings is 1. The predicted octanol–water partition coefficient (Wildman–Crippen LogP) is 5.40. The van der Waals surface area contributed by atoms with Gasteiger partial charge in [-0.15, -0.1) is 0 Å². The molecule has 8 nitrogen and oxygen atoms in total. The molecule has 5 aromatic rings. The molecule has 9 heteroatoms. The third-order valence-corrected chi connectivity index (χ3v) is 6.01. The predicted molar refractivity (Wildman–Crippen MR) is 138 cm³/mol. The van der Waals surface area contributed by atoms with Crippen molar-refractivity contribution in [2.45, 2.75) is 12.8 Å². The van der Waals surface area contributed by atoms with Gasteiger partial charge in [0.15, 0.2) is 11.6 Å². The summed E-state index contributed by atoms with van der Waals surface area (Å²) in [5.41, 5.74) is 11.2. The van der Waals surface area contributed by atoms with Crippen molar-refractivity contribution in [2.75, 3.05) is 17.6 Å². The number of nitriles is 1. The monoisotopic (exact) mass is 480 g/mol. The molecule has 0 spiro atoms. The summed E-state index contributed by atoms with van der Waals surface area (Å²) >= 11 is 6.58. The second-order valence-corrected chi connectivity index (χ2v) is 8.56. The number of nitrogens with zero attached hydrogens (tertiary/aromatic N) is 5. The molecule has 1 atom stereocenters. The number of nitrogens with one attached hydrogen (secondary N) is 2. The summed E-state index contributed by atoms with van der Waals surface area (Å²) in [6.07, 6.45) is 5.22. The highest BCUT2D eigenvalue weighted by atomic mass is 35.5. The molecular weight excluding hydrogens is 460 g/mol. The number of H-pyrrole nitrogens is 1. The van der Waals surface area contributed by atoms with E-state index >= 15 is 0 Å². The van der Waals surface area contributed by atoms with E-state index < -0.39 is 0 Å². The molecule has 4 N–H and O–H groups in total. The van der Waals surface area contributed by atoms with Gasteiger partial charge in [0, 0.05) is 41.4 Å². The largest absolute Gasteiger partial charge is 0.381 e. The minimum atomic E-state index is 0.124. The van der Waals surface area contributed by atoms with Gasteiger partial charge in [0.25, 0.3) is 0 Å². The average Bonchev–Trinajstić information content (AvgIpc) is 3.43. The Morgan fingerprint density at radius 3 is 2.74 bits per heavy atom. The van der Waals surface area contributed by atoms with Crippen LogP contribution in [0.4, 0.5) is 11.6 Å². The summed E-state index contributed by atoms with van der Waals surface area (Å²) in [4.78, 5) is 21.3. The van der Waals surface area contributed by atoms with Crippen LogP contribution >= 0.6 is 11.6 Å². The number of hydrogen-bond donors (Lipinski definition) is 3. The first-order chi connectivity index (χ1) is 17.0. The highest BCUT2D eigenvalue weighted by molar-refractivity contribution is 6.35. The molecule has 0 radical (unpaired) electrons. The zero-order valence-electron chi connectivity index (χ0n) is 18.8. The molecule has 172 valence electrons. The van der Waals surface area contributed by atoms with Gasteiger partial charge >= 0.3 is 0 Å². The van der Waals surface area contributed by atoms with Crippen molar-refractivity contribution in [2.24, 2.45) is 0 Å². The highest BCUT2D eigenvalue weighted by Crippen LogP contribution is 2.36. The number of nitrogen functional groups attached to an aromatic ring is 1. The van der Waals surface area contributed by atoms with Crippen LogP contribution in [0.5, 0.6) is 0 Å². The van der Waals surface area contributed by atoms with E-state index in [1.165, 1.54) is 0 Å². The molecule has 3 heterocycles. The Kier molecular flexibility index (Phi) is 6.00. The van der Waals surface area contributed by atoms with Crippen LogP contribution in [0.2, 0.25) is 5.02 Å². The average molecular weight is 481 g/mol. The second-order valence-electron chi connectivity index (χ2n) is 8.16. The number of aromatic nitrogens is 5. The summed E-state index contributed by atoms with van der Waals surface area (Å²) < 4.78 is 0. The fourth-order valence-corrected chi connectivity index (χ4v) is 4.17. The number of nitrogens with two attached hydrogens (primary N) is 1. The number of rotatable bonds is 6. The molecular formula is C26H21ClN8. The molecule has 0 aliphatic carbocycles. The van der Waals surface area contributed by atoms with E-state index in [0.29, 0.717) is 39.9 Å². The van der Waals surface area contributed by atoms with E-state index in [9.17, 15) is 5.26 Å². The minimum absolute atomic E-state index is 0.124. The van der Waals surface area contributed by atoms with Gasteiger partial charge in [-0.05, 0) is 30.3 Å². The molecule has 35 heavy (non-hydrogen) atoms. The maximum Gasteiger partial charge on any atom is 0.169 e.